The van der Waals surface area contributed by atoms with Crippen LogP contribution in [0.2, 0.25) is 0 Å². The summed E-state index contributed by atoms with van der Waals surface area (Å²) in [7, 11) is 0. The van der Waals surface area contributed by atoms with Gasteiger partial charge in [0.25, 0.3) is 0 Å². The zero-order valence-electron chi connectivity index (χ0n) is 12.9. The first-order valence-electron chi connectivity index (χ1n) is 8.41. The zero-order valence-corrected chi connectivity index (χ0v) is 12.9. The van der Waals surface area contributed by atoms with E-state index >= 15 is 0 Å². The molecule has 0 aromatic carbocycles. The second kappa shape index (κ2) is 7.99. The van der Waals surface area contributed by atoms with Crippen molar-refractivity contribution in [2.75, 3.05) is 32.7 Å². The van der Waals surface area contributed by atoms with Gasteiger partial charge in [0.2, 0.25) is 5.91 Å². The van der Waals surface area contributed by atoms with Gasteiger partial charge in [-0.25, -0.2) is 0 Å². The minimum Gasteiger partial charge on any atom is -0.355 e. The monoisotopic (exact) mass is 281 g/mol. The van der Waals surface area contributed by atoms with E-state index < -0.39 is 0 Å². The molecule has 1 saturated heterocycles. The second-order valence-corrected chi connectivity index (χ2v) is 6.70. The molecule has 0 spiro atoms. The van der Waals surface area contributed by atoms with E-state index in [1.54, 1.807) is 0 Å². The van der Waals surface area contributed by atoms with Gasteiger partial charge in [-0.3, -0.25) is 4.79 Å². The lowest BCUT2D eigenvalue weighted by Gasteiger charge is -2.31. The van der Waals surface area contributed by atoms with Crippen LogP contribution in [-0.4, -0.2) is 43.5 Å². The quantitative estimate of drug-likeness (QED) is 0.805. The molecular weight excluding hydrogens is 250 g/mol. The molecule has 1 aliphatic carbocycles. The summed E-state index contributed by atoms with van der Waals surface area (Å²) >= 11 is 0. The number of amides is 1. The van der Waals surface area contributed by atoms with Crippen molar-refractivity contribution < 1.29 is 4.79 Å². The zero-order chi connectivity index (χ0) is 14.4. The largest absolute Gasteiger partial charge is 0.355 e. The molecule has 20 heavy (non-hydrogen) atoms. The van der Waals surface area contributed by atoms with Gasteiger partial charge in [-0.2, -0.15) is 0 Å². The molecular formula is C16H31N3O. The highest BCUT2D eigenvalue weighted by Crippen LogP contribution is 2.29. The smallest absolute Gasteiger partial charge is 0.223 e. The van der Waals surface area contributed by atoms with Crippen LogP contribution in [0.4, 0.5) is 0 Å². The van der Waals surface area contributed by atoms with Crippen molar-refractivity contribution in [2.24, 2.45) is 23.5 Å². The molecule has 0 aromatic rings. The Kier molecular flexibility index (Phi) is 6.30. The molecule has 1 heterocycles. The van der Waals surface area contributed by atoms with E-state index in [0.717, 1.165) is 31.8 Å². The molecule has 0 aromatic heterocycles. The van der Waals surface area contributed by atoms with Crippen molar-refractivity contribution in [3.63, 3.8) is 0 Å². The first-order valence-corrected chi connectivity index (χ1v) is 8.41. The molecule has 2 aliphatic rings. The molecule has 0 radical (unpaired) electrons. The minimum absolute atomic E-state index is 0.162. The van der Waals surface area contributed by atoms with E-state index in [9.17, 15) is 4.79 Å². The van der Waals surface area contributed by atoms with Gasteiger partial charge in [0.15, 0.2) is 0 Å². The summed E-state index contributed by atoms with van der Waals surface area (Å²) in [6, 6.07) is 0. The molecule has 4 heteroatoms. The predicted molar refractivity (Wildman–Crippen MR) is 82.4 cm³/mol. The normalized spacial score (nSPS) is 29.3. The maximum absolute atomic E-state index is 12.3. The van der Waals surface area contributed by atoms with Crippen LogP contribution in [0.1, 0.15) is 45.4 Å². The third kappa shape index (κ3) is 4.45. The topological polar surface area (TPSA) is 58.4 Å². The van der Waals surface area contributed by atoms with E-state index in [-0.39, 0.29) is 11.8 Å². The Bertz CT molecular complexity index is 300. The van der Waals surface area contributed by atoms with Crippen LogP contribution in [0, 0.1) is 17.8 Å². The maximum atomic E-state index is 12.3. The summed E-state index contributed by atoms with van der Waals surface area (Å²) in [4.78, 5) is 14.7. The number of rotatable bonds is 5. The molecule has 2 fully saturated rings. The Labute approximate surface area is 123 Å². The number of hydrogen-bond acceptors (Lipinski definition) is 3. The molecule has 2 unspecified atom stereocenters. The standard InChI is InChI=1S/C16H31N3O/c1-13-6-9-19(10-7-13)11-8-18-16(20)15-5-3-2-4-14(15)12-17/h13-15H,2-12,17H2,1H3,(H,18,20). The number of hydrogen-bond donors (Lipinski definition) is 2. The first kappa shape index (κ1) is 15.8. The first-order chi connectivity index (χ1) is 9.70. The van der Waals surface area contributed by atoms with Crippen LogP contribution in [0.25, 0.3) is 0 Å². The molecule has 3 N–H and O–H groups in total. The van der Waals surface area contributed by atoms with Gasteiger partial charge in [0.05, 0.1) is 0 Å². The molecule has 116 valence electrons. The molecule has 1 amide bonds. The Hall–Kier alpha value is -0.610. The summed E-state index contributed by atoms with van der Waals surface area (Å²) in [6.07, 6.45) is 7.15. The van der Waals surface area contributed by atoms with E-state index in [1.807, 2.05) is 0 Å². The van der Waals surface area contributed by atoms with Gasteiger partial charge in [0.1, 0.15) is 0 Å². The average molecular weight is 281 g/mol. The summed E-state index contributed by atoms with van der Waals surface area (Å²) < 4.78 is 0. The fourth-order valence-electron chi connectivity index (χ4n) is 3.59. The van der Waals surface area contributed by atoms with E-state index in [1.165, 1.54) is 38.8 Å². The van der Waals surface area contributed by atoms with Crippen LogP contribution in [-0.2, 0) is 4.79 Å². The van der Waals surface area contributed by atoms with Crippen LogP contribution in [0.15, 0.2) is 0 Å². The highest BCUT2D eigenvalue weighted by molar-refractivity contribution is 5.79. The van der Waals surface area contributed by atoms with Crippen LogP contribution in [0.5, 0.6) is 0 Å². The fraction of sp³-hybridized carbons (Fsp3) is 0.938. The minimum atomic E-state index is 0.162. The third-order valence-corrected chi connectivity index (χ3v) is 5.15. The van der Waals surface area contributed by atoms with Gasteiger partial charge < -0.3 is 16.0 Å². The summed E-state index contributed by atoms with van der Waals surface area (Å²) in [5, 5.41) is 3.14. The summed E-state index contributed by atoms with van der Waals surface area (Å²) in [5.74, 6) is 1.67. The number of nitrogens with two attached hydrogens (primary N) is 1. The van der Waals surface area contributed by atoms with Crippen molar-refractivity contribution in [3.05, 3.63) is 0 Å². The lowest BCUT2D eigenvalue weighted by atomic mass is 9.79. The van der Waals surface area contributed by atoms with Crippen LogP contribution in [0.3, 0.4) is 0 Å². The van der Waals surface area contributed by atoms with Gasteiger partial charge in [-0.1, -0.05) is 19.8 Å². The van der Waals surface area contributed by atoms with E-state index in [0.29, 0.717) is 12.5 Å². The van der Waals surface area contributed by atoms with Gasteiger partial charge in [-0.05, 0) is 57.2 Å². The van der Waals surface area contributed by atoms with Crippen LogP contribution < -0.4 is 11.1 Å². The molecule has 0 bridgehead atoms. The molecule has 1 aliphatic heterocycles. The number of piperidine rings is 1. The number of carbonyl (C=O) groups is 1. The summed E-state index contributed by atoms with van der Waals surface area (Å²) in [5.41, 5.74) is 5.80. The van der Waals surface area contributed by atoms with Gasteiger partial charge >= 0.3 is 0 Å². The summed E-state index contributed by atoms with van der Waals surface area (Å²) in [6.45, 7) is 7.15. The predicted octanol–water partition coefficient (Wildman–Crippen LogP) is 1.60. The second-order valence-electron chi connectivity index (χ2n) is 6.70. The number of likely N-dealkylation sites (tertiary alicyclic amines) is 1. The van der Waals surface area contributed by atoms with Crippen molar-refractivity contribution in [2.45, 2.75) is 45.4 Å². The Morgan fingerprint density at radius 3 is 2.60 bits per heavy atom. The number of nitrogens with zero attached hydrogens (tertiary/aromatic N) is 1. The lowest BCUT2D eigenvalue weighted by Crippen LogP contribution is -2.43. The highest BCUT2D eigenvalue weighted by atomic mass is 16.1. The SMILES string of the molecule is CC1CCN(CCNC(=O)C2CCCCC2CN)CC1. The Morgan fingerprint density at radius 2 is 1.90 bits per heavy atom. The molecule has 1 saturated carbocycles. The number of nitrogens with one attached hydrogen (secondary N) is 1. The van der Waals surface area contributed by atoms with Gasteiger partial charge in [0, 0.05) is 19.0 Å². The van der Waals surface area contributed by atoms with Gasteiger partial charge in [-0.15, -0.1) is 0 Å². The van der Waals surface area contributed by atoms with Crippen LogP contribution >= 0.6 is 0 Å². The fourth-order valence-corrected chi connectivity index (χ4v) is 3.59. The maximum Gasteiger partial charge on any atom is 0.223 e. The number of carbonyl (C=O) groups excluding carboxylic acids is 1. The Morgan fingerprint density at radius 1 is 1.20 bits per heavy atom. The van der Waals surface area contributed by atoms with Crippen molar-refractivity contribution in [3.8, 4) is 0 Å². The highest BCUT2D eigenvalue weighted by Gasteiger charge is 2.29. The third-order valence-electron chi connectivity index (χ3n) is 5.15. The average Bonchev–Trinajstić information content (AvgIpc) is 2.49. The van der Waals surface area contributed by atoms with Crippen molar-refractivity contribution in [1.29, 1.82) is 0 Å². The van der Waals surface area contributed by atoms with Crippen molar-refractivity contribution in [1.82, 2.24) is 10.2 Å². The Balaban J connectivity index is 1.66. The molecule has 4 nitrogen and oxygen atoms in total. The lowest BCUT2D eigenvalue weighted by molar-refractivity contribution is -0.127. The van der Waals surface area contributed by atoms with E-state index in [2.05, 4.69) is 17.1 Å². The molecule has 2 rings (SSSR count). The van der Waals surface area contributed by atoms with E-state index in [4.69, 9.17) is 5.73 Å². The molecule has 2 atom stereocenters. The van der Waals surface area contributed by atoms with Crippen molar-refractivity contribution >= 4 is 5.91 Å².